The van der Waals surface area contributed by atoms with E-state index in [2.05, 4.69) is 40.7 Å². The summed E-state index contributed by atoms with van der Waals surface area (Å²) in [6.45, 7) is 0.898. The lowest BCUT2D eigenvalue weighted by Crippen LogP contribution is -2.03. The molecular formula is C11H12N2S. The lowest BCUT2D eigenvalue weighted by atomic mass is 10.2. The molecular weight excluding hydrogens is 192 g/mol. The quantitative estimate of drug-likeness (QED) is 0.831. The van der Waals surface area contributed by atoms with Crippen molar-refractivity contribution in [3.05, 3.63) is 35.3 Å². The first-order chi connectivity index (χ1) is 6.90. The van der Waals surface area contributed by atoms with Crippen LogP contribution in [0.2, 0.25) is 0 Å². The lowest BCUT2D eigenvalue weighted by molar-refractivity contribution is 0.922. The van der Waals surface area contributed by atoms with Gasteiger partial charge in [-0.2, -0.15) is 0 Å². The fraction of sp³-hybridized carbons (Fsp3) is 0.182. The van der Waals surface area contributed by atoms with E-state index in [0.717, 1.165) is 12.1 Å². The predicted octanol–water partition coefficient (Wildman–Crippen LogP) is 2.53. The number of hydrogen-bond acceptors (Lipinski definition) is 3. The highest BCUT2D eigenvalue weighted by Gasteiger charge is 1.95. The van der Waals surface area contributed by atoms with Crippen LogP contribution in [0.15, 0.2) is 29.8 Å². The zero-order valence-corrected chi connectivity index (χ0v) is 8.84. The smallest absolute Gasteiger partial charge is 0.0817 e. The fourth-order valence-electron chi connectivity index (χ4n) is 1.29. The highest BCUT2D eigenvalue weighted by atomic mass is 32.1. The van der Waals surface area contributed by atoms with Crippen LogP contribution in [0.5, 0.6) is 0 Å². The van der Waals surface area contributed by atoms with Crippen LogP contribution in [0.3, 0.4) is 0 Å². The summed E-state index contributed by atoms with van der Waals surface area (Å²) in [7, 11) is 1.94. The van der Waals surface area contributed by atoms with Crippen LogP contribution in [-0.4, -0.2) is 18.6 Å². The van der Waals surface area contributed by atoms with Crippen LogP contribution in [0.25, 0.3) is 16.3 Å². The number of thiazole rings is 1. The Bertz CT molecular complexity index is 445. The van der Waals surface area contributed by atoms with E-state index in [0.29, 0.717) is 0 Å². The van der Waals surface area contributed by atoms with Crippen molar-refractivity contribution in [2.75, 3.05) is 13.6 Å². The largest absolute Gasteiger partial charge is 0.316 e. The second kappa shape index (κ2) is 4.35. The Balaban J connectivity index is 2.25. The number of aromatic nitrogens is 1. The van der Waals surface area contributed by atoms with Gasteiger partial charge in [-0.15, -0.1) is 11.3 Å². The van der Waals surface area contributed by atoms with E-state index in [1.54, 1.807) is 11.3 Å². The van der Waals surface area contributed by atoms with Gasteiger partial charge in [0.05, 0.1) is 15.7 Å². The first-order valence-electron chi connectivity index (χ1n) is 4.54. The minimum Gasteiger partial charge on any atom is -0.316 e. The van der Waals surface area contributed by atoms with E-state index in [-0.39, 0.29) is 0 Å². The molecule has 0 atom stereocenters. The van der Waals surface area contributed by atoms with Gasteiger partial charge in [-0.05, 0) is 24.7 Å². The highest BCUT2D eigenvalue weighted by Crippen LogP contribution is 2.19. The van der Waals surface area contributed by atoms with Crippen molar-refractivity contribution in [2.24, 2.45) is 0 Å². The first-order valence-corrected chi connectivity index (χ1v) is 5.42. The molecule has 0 radical (unpaired) electrons. The molecule has 0 spiro atoms. The molecule has 0 bridgehead atoms. The molecule has 0 fully saturated rings. The Labute approximate surface area is 87.3 Å². The molecule has 2 nitrogen and oxygen atoms in total. The van der Waals surface area contributed by atoms with Crippen molar-refractivity contribution < 1.29 is 0 Å². The van der Waals surface area contributed by atoms with Gasteiger partial charge in [-0.25, -0.2) is 4.98 Å². The molecule has 2 rings (SSSR count). The van der Waals surface area contributed by atoms with E-state index in [1.165, 1.54) is 10.3 Å². The van der Waals surface area contributed by atoms with Gasteiger partial charge >= 0.3 is 0 Å². The Morgan fingerprint density at radius 1 is 1.50 bits per heavy atom. The third-order valence-electron chi connectivity index (χ3n) is 1.99. The van der Waals surface area contributed by atoms with Crippen molar-refractivity contribution in [2.45, 2.75) is 0 Å². The molecule has 1 heterocycles. The summed E-state index contributed by atoms with van der Waals surface area (Å²) in [4.78, 5) is 4.28. The van der Waals surface area contributed by atoms with E-state index < -0.39 is 0 Å². The van der Waals surface area contributed by atoms with Crippen molar-refractivity contribution in [1.29, 1.82) is 0 Å². The Morgan fingerprint density at radius 2 is 2.43 bits per heavy atom. The zero-order chi connectivity index (χ0) is 9.80. The molecule has 0 aliphatic carbocycles. The van der Waals surface area contributed by atoms with Crippen molar-refractivity contribution in [1.82, 2.24) is 10.3 Å². The second-order valence-electron chi connectivity index (χ2n) is 3.04. The molecule has 0 amide bonds. The molecule has 0 aliphatic heterocycles. The highest BCUT2D eigenvalue weighted by molar-refractivity contribution is 7.16. The Hall–Kier alpha value is -1.19. The first kappa shape index (κ1) is 9.37. The van der Waals surface area contributed by atoms with Gasteiger partial charge in [0.1, 0.15) is 0 Å². The summed E-state index contributed by atoms with van der Waals surface area (Å²) >= 11 is 1.68. The van der Waals surface area contributed by atoms with Gasteiger partial charge in [-0.3, -0.25) is 0 Å². The summed E-state index contributed by atoms with van der Waals surface area (Å²) in [6, 6.07) is 6.34. The Morgan fingerprint density at radius 3 is 3.29 bits per heavy atom. The summed E-state index contributed by atoms with van der Waals surface area (Å²) in [5.41, 5.74) is 4.17. The minimum absolute atomic E-state index is 0.898. The van der Waals surface area contributed by atoms with E-state index in [4.69, 9.17) is 0 Å². The number of benzene rings is 1. The van der Waals surface area contributed by atoms with Gasteiger partial charge in [-0.1, -0.05) is 18.2 Å². The number of likely N-dealkylation sites (N-methyl/N-ethyl adjacent to an activating group) is 1. The number of fused-ring (bicyclic) bond motifs is 1. The van der Waals surface area contributed by atoms with Crippen LogP contribution in [0.4, 0.5) is 0 Å². The van der Waals surface area contributed by atoms with Gasteiger partial charge in [0, 0.05) is 6.54 Å². The summed E-state index contributed by atoms with van der Waals surface area (Å²) in [5.74, 6) is 0. The molecule has 0 aliphatic rings. The van der Waals surface area contributed by atoms with Crippen molar-refractivity contribution in [3.8, 4) is 0 Å². The maximum Gasteiger partial charge on any atom is 0.0817 e. The molecule has 1 aromatic heterocycles. The second-order valence-corrected chi connectivity index (χ2v) is 3.93. The molecule has 1 N–H and O–H groups in total. The lowest BCUT2D eigenvalue weighted by Gasteiger charge is -1.93. The molecule has 2 aromatic rings. The molecule has 1 aromatic carbocycles. The maximum atomic E-state index is 4.28. The van der Waals surface area contributed by atoms with E-state index >= 15 is 0 Å². The minimum atomic E-state index is 0.898. The molecule has 72 valence electrons. The van der Waals surface area contributed by atoms with E-state index in [9.17, 15) is 0 Å². The Kier molecular flexibility index (Phi) is 2.91. The van der Waals surface area contributed by atoms with Crippen LogP contribution in [-0.2, 0) is 0 Å². The van der Waals surface area contributed by atoms with Crippen molar-refractivity contribution >= 4 is 27.6 Å². The topological polar surface area (TPSA) is 24.9 Å². The molecule has 0 saturated heterocycles. The SMILES string of the molecule is CNCC=Cc1ccc2scnc2c1. The van der Waals surface area contributed by atoms with E-state index in [1.807, 2.05) is 12.6 Å². The monoisotopic (exact) mass is 204 g/mol. The average molecular weight is 204 g/mol. The summed E-state index contributed by atoms with van der Waals surface area (Å²) in [6.07, 6.45) is 4.21. The average Bonchev–Trinajstić information content (AvgIpc) is 2.65. The normalized spacial score (nSPS) is 11.5. The van der Waals surface area contributed by atoms with Gasteiger partial charge in [0.2, 0.25) is 0 Å². The number of nitrogens with zero attached hydrogens (tertiary/aromatic N) is 1. The van der Waals surface area contributed by atoms with Crippen LogP contribution in [0, 0.1) is 0 Å². The van der Waals surface area contributed by atoms with Crippen LogP contribution >= 0.6 is 11.3 Å². The van der Waals surface area contributed by atoms with Gasteiger partial charge < -0.3 is 5.32 Å². The molecule has 0 saturated carbocycles. The standard InChI is InChI=1S/C11H12N2S/c1-12-6-2-3-9-4-5-11-10(7-9)13-8-14-11/h2-5,7-8,12H,6H2,1H3. The summed E-state index contributed by atoms with van der Waals surface area (Å²) in [5, 5.41) is 3.07. The molecule has 3 heteroatoms. The zero-order valence-electron chi connectivity index (χ0n) is 8.03. The summed E-state index contributed by atoms with van der Waals surface area (Å²) < 4.78 is 1.25. The van der Waals surface area contributed by atoms with Crippen LogP contribution in [0.1, 0.15) is 5.56 Å². The van der Waals surface area contributed by atoms with Gasteiger partial charge in [0.25, 0.3) is 0 Å². The third-order valence-corrected chi connectivity index (χ3v) is 2.80. The van der Waals surface area contributed by atoms with Crippen LogP contribution < -0.4 is 5.32 Å². The fourth-order valence-corrected chi connectivity index (χ4v) is 1.95. The number of hydrogen-bond donors (Lipinski definition) is 1. The number of rotatable bonds is 3. The van der Waals surface area contributed by atoms with Gasteiger partial charge in [0.15, 0.2) is 0 Å². The predicted molar refractivity (Wildman–Crippen MR) is 62.6 cm³/mol. The third kappa shape index (κ3) is 2.00. The number of nitrogens with one attached hydrogen (secondary N) is 1. The molecule has 0 unspecified atom stereocenters. The maximum absolute atomic E-state index is 4.28. The van der Waals surface area contributed by atoms with Crippen molar-refractivity contribution in [3.63, 3.8) is 0 Å². The molecule has 14 heavy (non-hydrogen) atoms.